The minimum atomic E-state index is -3.67. The predicted octanol–water partition coefficient (Wildman–Crippen LogP) is 3.36. The van der Waals surface area contributed by atoms with Crippen LogP contribution in [0.1, 0.15) is 0 Å². The van der Waals surface area contributed by atoms with Gasteiger partial charge in [0.1, 0.15) is 4.21 Å². The lowest BCUT2D eigenvalue weighted by Crippen LogP contribution is -2.44. The maximum Gasteiger partial charge on any atom is 0.271 e. The number of aromatic nitrogens is 1. The first kappa shape index (κ1) is 18.9. The maximum absolute atomic E-state index is 13.0. The van der Waals surface area contributed by atoms with E-state index in [1.807, 2.05) is 42.5 Å². The van der Waals surface area contributed by atoms with E-state index in [1.165, 1.54) is 11.3 Å². The Morgan fingerprint density at radius 1 is 0.964 bits per heavy atom. The molecule has 146 valence electrons. The van der Waals surface area contributed by atoms with Gasteiger partial charge in [0.05, 0.1) is 21.9 Å². The first-order chi connectivity index (χ1) is 13.5. The van der Waals surface area contributed by atoms with E-state index < -0.39 is 10.0 Å². The van der Waals surface area contributed by atoms with Crippen LogP contribution in [0.3, 0.4) is 0 Å². The summed E-state index contributed by atoms with van der Waals surface area (Å²) in [4.78, 5) is 9.62. The van der Waals surface area contributed by atoms with Crippen LogP contribution in [0.2, 0.25) is 0 Å². The van der Waals surface area contributed by atoms with Gasteiger partial charge in [-0.05, 0) is 43.4 Å². The molecular formula is C20H22N4O2S2. The second-order valence-electron chi connectivity index (χ2n) is 6.75. The normalized spacial score (nSPS) is 15.5. The van der Waals surface area contributed by atoms with Crippen LogP contribution in [-0.2, 0) is 10.0 Å². The Morgan fingerprint density at radius 2 is 1.71 bits per heavy atom. The summed E-state index contributed by atoms with van der Waals surface area (Å²) >= 11 is 1.22. The highest BCUT2D eigenvalue weighted by Crippen LogP contribution is 2.33. The van der Waals surface area contributed by atoms with Gasteiger partial charge in [-0.3, -0.25) is 9.71 Å². The Hall–Kier alpha value is -2.42. The standard InChI is InChI=1S/C20H22N4O2S2/c1-23-12-14-24(15-13-23)18-8-3-2-6-16(18)22-28(25,26)20-10-9-19(27-20)17-7-4-5-11-21-17/h2-11,22H,12-15H2,1H3. The number of sulfonamides is 1. The van der Waals surface area contributed by atoms with Crippen molar-refractivity contribution < 1.29 is 8.42 Å². The minimum Gasteiger partial charge on any atom is -0.367 e. The number of hydrogen-bond acceptors (Lipinski definition) is 6. The third-order valence-corrected chi connectivity index (χ3v) is 7.72. The molecule has 1 saturated heterocycles. The van der Waals surface area contributed by atoms with E-state index in [1.54, 1.807) is 18.3 Å². The van der Waals surface area contributed by atoms with Crippen molar-refractivity contribution in [1.82, 2.24) is 9.88 Å². The van der Waals surface area contributed by atoms with Crippen molar-refractivity contribution in [3.8, 4) is 10.6 Å². The van der Waals surface area contributed by atoms with Gasteiger partial charge in [-0.2, -0.15) is 0 Å². The molecule has 0 radical (unpaired) electrons. The summed E-state index contributed by atoms with van der Waals surface area (Å²) in [6, 6.07) is 16.6. The van der Waals surface area contributed by atoms with Crippen molar-refractivity contribution in [3.05, 3.63) is 60.8 Å². The molecule has 8 heteroatoms. The molecule has 1 aliphatic heterocycles. The second-order valence-corrected chi connectivity index (χ2v) is 9.74. The molecular weight excluding hydrogens is 392 g/mol. The summed E-state index contributed by atoms with van der Waals surface area (Å²) in [5.41, 5.74) is 2.30. The second kappa shape index (κ2) is 7.90. The summed E-state index contributed by atoms with van der Waals surface area (Å²) in [6.45, 7) is 3.66. The molecule has 0 atom stereocenters. The zero-order valence-corrected chi connectivity index (χ0v) is 17.2. The molecule has 1 aromatic carbocycles. The van der Waals surface area contributed by atoms with Crippen LogP contribution in [0.25, 0.3) is 10.6 Å². The number of nitrogens with zero attached hydrogens (tertiary/aromatic N) is 3. The quantitative estimate of drug-likeness (QED) is 0.694. The zero-order chi connectivity index (χ0) is 19.6. The molecule has 0 saturated carbocycles. The van der Waals surface area contributed by atoms with Gasteiger partial charge in [0.25, 0.3) is 10.0 Å². The van der Waals surface area contributed by atoms with Crippen molar-refractivity contribution in [3.63, 3.8) is 0 Å². The molecule has 2 aromatic heterocycles. The Morgan fingerprint density at radius 3 is 2.46 bits per heavy atom. The first-order valence-corrected chi connectivity index (χ1v) is 11.4. The van der Waals surface area contributed by atoms with Crippen LogP contribution in [0, 0.1) is 0 Å². The zero-order valence-electron chi connectivity index (χ0n) is 15.6. The monoisotopic (exact) mass is 414 g/mol. The van der Waals surface area contributed by atoms with Gasteiger partial charge in [-0.1, -0.05) is 18.2 Å². The number of anilines is 2. The highest BCUT2D eigenvalue weighted by atomic mass is 32.2. The van der Waals surface area contributed by atoms with Crippen molar-refractivity contribution in [2.24, 2.45) is 0 Å². The van der Waals surface area contributed by atoms with Crippen LogP contribution < -0.4 is 9.62 Å². The Kier molecular flexibility index (Phi) is 5.34. The first-order valence-electron chi connectivity index (χ1n) is 9.09. The highest BCUT2D eigenvalue weighted by molar-refractivity contribution is 7.94. The molecule has 1 aliphatic rings. The third-order valence-electron chi connectivity index (χ3n) is 4.76. The van der Waals surface area contributed by atoms with Crippen molar-refractivity contribution in [2.45, 2.75) is 4.21 Å². The molecule has 0 spiro atoms. The lowest BCUT2D eigenvalue weighted by atomic mass is 10.2. The fourth-order valence-electron chi connectivity index (χ4n) is 3.19. The van der Waals surface area contributed by atoms with Crippen LogP contribution in [-0.4, -0.2) is 51.5 Å². The fourth-order valence-corrected chi connectivity index (χ4v) is 5.55. The summed E-state index contributed by atoms with van der Waals surface area (Å²) in [6.07, 6.45) is 1.70. The van der Waals surface area contributed by atoms with Gasteiger partial charge in [0.2, 0.25) is 0 Å². The molecule has 4 rings (SSSR count). The van der Waals surface area contributed by atoms with E-state index in [-0.39, 0.29) is 4.21 Å². The number of pyridine rings is 1. The molecule has 0 aliphatic carbocycles. The minimum absolute atomic E-state index is 0.279. The SMILES string of the molecule is CN1CCN(c2ccccc2NS(=O)(=O)c2ccc(-c3ccccn3)s2)CC1. The summed E-state index contributed by atoms with van der Waals surface area (Å²) in [5.74, 6) is 0. The fraction of sp³-hybridized carbons (Fsp3) is 0.250. The topological polar surface area (TPSA) is 65.5 Å². The van der Waals surface area contributed by atoms with Gasteiger partial charge < -0.3 is 9.80 Å². The van der Waals surface area contributed by atoms with Crippen molar-refractivity contribution in [1.29, 1.82) is 0 Å². The molecule has 1 fully saturated rings. The number of para-hydroxylation sites is 2. The van der Waals surface area contributed by atoms with Gasteiger partial charge in [0.15, 0.2) is 0 Å². The molecule has 1 N–H and O–H groups in total. The molecule has 6 nitrogen and oxygen atoms in total. The number of benzene rings is 1. The number of piperazine rings is 1. The third kappa shape index (κ3) is 4.04. The lowest BCUT2D eigenvalue weighted by Gasteiger charge is -2.35. The van der Waals surface area contributed by atoms with E-state index in [2.05, 4.69) is 26.6 Å². The van der Waals surface area contributed by atoms with E-state index in [0.717, 1.165) is 42.4 Å². The average Bonchev–Trinajstić information content (AvgIpc) is 3.21. The number of thiophene rings is 1. The van der Waals surface area contributed by atoms with Crippen molar-refractivity contribution in [2.75, 3.05) is 42.8 Å². The van der Waals surface area contributed by atoms with Crippen molar-refractivity contribution >= 4 is 32.7 Å². The van der Waals surface area contributed by atoms with Gasteiger partial charge in [-0.25, -0.2) is 8.42 Å². The number of rotatable bonds is 5. The Labute approximate surface area is 169 Å². The smallest absolute Gasteiger partial charge is 0.271 e. The van der Waals surface area contributed by atoms with E-state index in [0.29, 0.717) is 5.69 Å². The van der Waals surface area contributed by atoms with E-state index in [9.17, 15) is 8.42 Å². The molecule has 0 bridgehead atoms. The Balaban J connectivity index is 1.58. The highest BCUT2D eigenvalue weighted by Gasteiger charge is 2.22. The molecule has 3 heterocycles. The lowest BCUT2D eigenvalue weighted by molar-refractivity contribution is 0.313. The van der Waals surface area contributed by atoms with E-state index >= 15 is 0 Å². The molecule has 0 unspecified atom stereocenters. The van der Waals surface area contributed by atoms with Crippen LogP contribution in [0.4, 0.5) is 11.4 Å². The maximum atomic E-state index is 13.0. The predicted molar refractivity (Wildman–Crippen MR) is 115 cm³/mol. The number of hydrogen-bond donors (Lipinski definition) is 1. The van der Waals surface area contributed by atoms with Gasteiger partial charge >= 0.3 is 0 Å². The number of likely N-dealkylation sites (N-methyl/N-ethyl adjacent to an activating group) is 1. The summed E-state index contributed by atoms with van der Waals surface area (Å²) < 4.78 is 29.0. The van der Waals surface area contributed by atoms with Gasteiger partial charge in [-0.15, -0.1) is 11.3 Å². The van der Waals surface area contributed by atoms with Crippen LogP contribution in [0.5, 0.6) is 0 Å². The van der Waals surface area contributed by atoms with E-state index in [4.69, 9.17) is 0 Å². The summed E-state index contributed by atoms with van der Waals surface area (Å²) in [7, 11) is -1.57. The molecule has 0 amide bonds. The molecule has 3 aromatic rings. The largest absolute Gasteiger partial charge is 0.367 e. The Bertz CT molecular complexity index is 1040. The van der Waals surface area contributed by atoms with Crippen LogP contribution in [0.15, 0.2) is 65.0 Å². The average molecular weight is 415 g/mol. The summed E-state index contributed by atoms with van der Waals surface area (Å²) in [5, 5.41) is 0. The number of nitrogens with one attached hydrogen (secondary N) is 1. The van der Waals surface area contributed by atoms with Gasteiger partial charge in [0, 0.05) is 32.4 Å². The van der Waals surface area contributed by atoms with Crippen LogP contribution >= 0.6 is 11.3 Å². The molecule has 28 heavy (non-hydrogen) atoms.